The van der Waals surface area contributed by atoms with E-state index in [1.807, 2.05) is 24.3 Å². The van der Waals surface area contributed by atoms with Crippen LogP contribution in [0.3, 0.4) is 0 Å². The second-order valence-electron chi connectivity index (χ2n) is 6.00. The summed E-state index contributed by atoms with van der Waals surface area (Å²) in [5.74, 6) is -0.557. The Bertz CT molecular complexity index is 790. The highest BCUT2D eigenvalue weighted by molar-refractivity contribution is 5.98. The van der Waals surface area contributed by atoms with Gasteiger partial charge >= 0.3 is 0 Å². The summed E-state index contributed by atoms with van der Waals surface area (Å²) in [5, 5.41) is 24.6. The first kappa shape index (κ1) is 16.1. The Hall–Kier alpha value is -2.73. The number of hydrogen-bond donors (Lipinski definition) is 2. The van der Waals surface area contributed by atoms with E-state index in [-0.39, 0.29) is 17.8 Å². The van der Waals surface area contributed by atoms with E-state index in [4.69, 9.17) is 0 Å². The number of aryl methyl sites for hydroxylation is 1. The van der Waals surface area contributed by atoms with Gasteiger partial charge in [-0.15, -0.1) is 0 Å². The van der Waals surface area contributed by atoms with Crippen molar-refractivity contribution in [2.24, 2.45) is 0 Å². The highest BCUT2D eigenvalue weighted by Crippen LogP contribution is 2.34. The van der Waals surface area contributed by atoms with Crippen molar-refractivity contribution >= 4 is 11.6 Å². The number of hydrogen-bond acceptors (Lipinski definition) is 4. The minimum atomic E-state index is -1.14. The Balaban J connectivity index is 1.79. The number of nitro benzene ring substituents is 1. The number of nitrogens with one attached hydrogen (secondary N) is 1. The molecule has 0 radical (unpaired) electrons. The van der Waals surface area contributed by atoms with Crippen molar-refractivity contribution in [2.45, 2.75) is 24.9 Å². The summed E-state index contributed by atoms with van der Waals surface area (Å²) >= 11 is 0. The highest BCUT2D eigenvalue weighted by atomic mass is 16.6. The molecule has 1 aliphatic carbocycles. The summed E-state index contributed by atoms with van der Waals surface area (Å²) in [6.07, 6.45) is 2.27. The van der Waals surface area contributed by atoms with E-state index in [0.29, 0.717) is 6.42 Å². The normalized spacial score (nSPS) is 19.4. The highest BCUT2D eigenvalue weighted by Gasteiger charge is 2.34. The maximum Gasteiger partial charge on any atom is 0.282 e. The fourth-order valence-corrected chi connectivity index (χ4v) is 3.23. The van der Waals surface area contributed by atoms with Gasteiger partial charge in [-0.2, -0.15) is 0 Å². The molecule has 1 aliphatic rings. The lowest BCUT2D eigenvalue weighted by atomic mass is 9.79. The SMILES string of the molecule is O=C(NCC1(O)CCCc2ccccc21)c1ccccc1[N+](=O)[O-]. The van der Waals surface area contributed by atoms with E-state index in [1.165, 1.54) is 18.2 Å². The number of nitro groups is 1. The Morgan fingerprint density at radius 1 is 1.21 bits per heavy atom. The smallest absolute Gasteiger partial charge is 0.282 e. The number of benzene rings is 2. The molecule has 124 valence electrons. The number of fused-ring (bicyclic) bond motifs is 1. The first-order chi connectivity index (χ1) is 11.5. The quantitative estimate of drug-likeness (QED) is 0.667. The summed E-state index contributed by atoms with van der Waals surface area (Å²) in [6, 6.07) is 13.4. The van der Waals surface area contributed by atoms with Crippen LogP contribution in [0.4, 0.5) is 5.69 Å². The summed E-state index contributed by atoms with van der Waals surface area (Å²) in [5.41, 5.74) is 0.500. The molecule has 0 heterocycles. The van der Waals surface area contributed by atoms with Gasteiger partial charge in [0, 0.05) is 6.07 Å². The molecule has 1 amide bonds. The lowest BCUT2D eigenvalue weighted by Gasteiger charge is -2.34. The van der Waals surface area contributed by atoms with Crippen LogP contribution in [0.5, 0.6) is 0 Å². The Labute approximate surface area is 139 Å². The molecule has 0 spiro atoms. The molecule has 6 nitrogen and oxygen atoms in total. The van der Waals surface area contributed by atoms with Crippen molar-refractivity contribution in [3.63, 3.8) is 0 Å². The van der Waals surface area contributed by atoms with Gasteiger partial charge in [-0.05, 0) is 36.5 Å². The Morgan fingerprint density at radius 2 is 1.92 bits per heavy atom. The molecule has 6 heteroatoms. The van der Waals surface area contributed by atoms with Crippen LogP contribution in [0.25, 0.3) is 0 Å². The average Bonchev–Trinajstić information content (AvgIpc) is 2.60. The maximum atomic E-state index is 12.3. The maximum absolute atomic E-state index is 12.3. The summed E-state index contributed by atoms with van der Waals surface area (Å²) < 4.78 is 0. The van der Waals surface area contributed by atoms with Crippen LogP contribution in [0.2, 0.25) is 0 Å². The van der Waals surface area contributed by atoms with Crippen molar-refractivity contribution in [3.05, 3.63) is 75.3 Å². The standard InChI is InChI=1S/C18H18N2O4/c21-17(14-8-2-4-10-16(14)20(23)24)19-12-18(22)11-5-7-13-6-1-3-9-15(13)18/h1-4,6,8-10,22H,5,7,11-12H2,(H,19,21). The lowest BCUT2D eigenvalue weighted by Crippen LogP contribution is -2.43. The van der Waals surface area contributed by atoms with Gasteiger partial charge in [0.25, 0.3) is 11.6 Å². The molecule has 0 aliphatic heterocycles. The molecule has 0 fully saturated rings. The van der Waals surface area contributed by atoms with Gasteiger partial charge in [-0.1, -0.05) is 36.4 Å². The van der Waals surface area contributed by atoms with E-state index in [9.17, 15) is 20.0 Å². The second kappa shape index (κ2) is 6.41. The number of aliphatic hydroxyl groups is 1. The molecule has 24 heavy (non-hydrogen) atoms. The molecule has 0 saturated heterocycles. The van der Waals surface area contributed by atoms with Crippen molar-refractivity contribution in [2.75, 3.05) is 6.54 Å². The molecular weight excluding hydrogens is 308 g/mol. The van der Waals surface area contributed by atoms with E-state index < -0.39 is 16.4 Å². The largest absolute Gasteiger partial charge is 0.383 e. The lowest BCUT2D eigenvalue weighted by molar-refractivity contribution is -0.385. The molecule has 0 saturated carbocycles. The predicted octanol–water partition coefficient (Wildman–Crippen LogP) is 2.55. The van der Waals surface area contributed by atoms with Gasteiger partial charge in [-0.25, -0.2) is 0 Å². The van der Waals surface area contributed by atoms with E-state index in [0.717, 1.165) is 24.0 Å². The minimum absolute atomic E-state index is 0.00445. The number of nitrogens with zero attached hydrogens (tertiary/aromatic N) is 1. The number of carbonyl (C=O) groups excluding carboxylic acids is 1. The molecular formula is C18H18N2O4. The molecule has 2 aromatic carbocycles. The van der Waals surface area contributed by atoms with Crippen molar-refractivity contribution in [1.29, 1.82) is 0 Å². The third kappa shape index (κ3) is 3.00. The Morgan fingerprint density at radius 3 is 2.71 bits per heavy atom. The summed E-state index contributed by atoms with van der Waals surface area (Å²) in [6.45, 7) is 0.0227. The zero-order valence-electron chi connectivity index (χ0n) is 13.1. The third-order valence-electron chi connectivity index (χ3n) is 4.44. The van der Waals surface area contributed by atoms with Gasteiger partial charge in [0.2, 0.25) is 0 Å². The van der Waals surface area contributed by atoms with E-state index in [1.54, 1.807) is 6.07 Å². The van der Waals surface area contributed by atoms with Crippen molar-refractivity contribution in [3.8, 4) is 0 Å². The van der Waals surface area contributed by atoms with E-state index in [2.05, 4.69) is 5.32 Å². The third-order valence-corrected chi connectivity index (χ3v) is 4.44. The van der Waals surface area contributed by atoms with Crippen molar-refractivity contribution in [1.82, 2.24) is 5.32 Å². The molecule has 2 N–H and O–H groups in total. The Kier molecular flexibility index (Phi) is 4.31. The summed E-state index contributed by atoms with van der Waals surface area (Å²) in [4.78, 5) is 22.8. The molecule has 1 unspecified atom stereocenters. The fraction of sp³-hybridized carbons (Fsp3) is 0.278. The zero-order chi connectivity index (χ0) is 17.2. The number of para-hydroxylation sites is 1. The molecule has 1 atom stereocenters. The van der Waals surface area contributed by atoms with Crippen molar-refractivity contribution < 1.29 is 14.8 Å². The monoisotopic (exact) mass is 326 g/mol. The van der Waals surface area contributed by atoms with Gasteiger partial charge in [0.1, 0.15) is 11.2 Å². The first-order valence-corrected chi connectivity index (χ1v) is 7.84. The van der Waals surface area contributed by atoms with Gasteiger partial charge in [-0.3, -0.25) is 14.9 Å². The van der Waals surface area contributed by atoms with Crippen LogP contribution in [-0.4, -0.2) is 22.5 Å². The predicted molar refractivity (Wildman–Crippen MR) is 88.7 cm³/mol. The van der Waals surface area contributed by atoms with Gasteiger partial charge in [0.05, 0.1) is 11.5 Å². The van der Waals surface area contributed by atoms with Crippen LogP contribution in [0, 0.1) is 10.1 Å². The van der Waals surface area contributed by atoms with Gasteiger partial charge < -0.3 is 10.4 Å². The van der Waals surface area contributed by atoms with Crippen LogP contribution >= 0.6 is 0 Å². The summed E-state index contributed by atoms with van der Waals surface area (Å²) in [7, 11) is 0. The fourth-order valence-electron chi connectivity index (χ4n) is 3.23. The average molecular weight is 326 g/mol. The van der Waals surface area contributed by atoms with Gasteiger partial charge in [0.15, 0.2) is 0 Å². The number of rotatable bonds is 4. The second-order valence-corrected chi connectivity index (χ2v) is 6.00. The number of carbonyl (C=O) groups is 1. The van der Waals surface area contributed by atoms with Crippen LogP contribution in [0.15, 0.2) is 48.5 Å². The van der Waals surface area contributed by atoms with Crippen LogP contribution in [-0.2, 0) is 12.0 Å². The molecule has 2 aromatic rings. The van der Waals surface area contributed by atoms with Crippen LogP contribution < -0.4 is 5.32 Å². The van der Waals surface area contributed by atoms with Crippen LogP contribution in [0.1, 0.15) is 34.3 Å². The minimum Gasteiger partial charge on any atom is -0.383 e. The molecule has 3 rings (SSSR count). The first-order valence-electron chi connectivity index (χ1n) is 7.84. The number of amides is 1. The van der Waals surface area contributed by atoms with E-state index >= 15 is 0 Å². The molecule has 0 aromatic heterocycles. The zero-order valence-corrected chi connectivity index (χ0v) is 13.1. The molecule has 0 bridgehead atoms. The topological polar surface area (TPSA) is 92.5 Å².